The Balaban J connectivity index is 1.55. The quantitative estimate of drug-likeness (QED) is 0.548. The maximum atomic E-state index is 13.5. The molecule has 0 aliphatic heterocycles. The number of carbonyl (C=O) groups is 2. The first-order valence-electron chi connectivity index (χ1n) is 7.53. The van der Waals surface area contributed by atoms with Gasteiger partial charge >= 0.3 is 5.63 Å². The number of carbonyl (C=O) groups excluding carboxylic acids is 2. The molecule has 0 aliphatic rings. The third kappa shape index (κ3) is 4.04. The summed E-state index contributed by atoms with van der Waals surface area (Å²) in [5.74, 6) is -1.83. The predicted octanol–water partition coefficient (Wildman–Crippen LogP) is 1.77. The molecule has 0 unspecified atom stereocenters. The van der Waals surface area contributed by atoms with Crippen molar-refractivity contribution in [1.82, 2.24) is 10.9 Å². The molecule has 0 saturated carbocycles. The second-order valence-electron chi connectivity index (χ2n) is 5.22. The number of amides is 2. The normalized spacial score (nSPS) is 10.3. The van der Waals surface area contributed by atoms with E-state index in [2.05, 4.69) is 10.9 Å². The monoisotopic (exact) mass is 356 g/mol. The molecular weight excluding hydrogens is 343 g/mol. The fourth-order valence-electron chi connectivity index (χ4n) is 2.15. The minimum Gasteiger partial charge on any atom is -0.484 e. The number of ether oxygens (including phenoxy) is 1. The van der Waals surface area contributed by atoms with Gasteiger partial charge in [0.2, 0.25) is 0 Å². The first-order chi connectivity index (χ1) is 12.5. The summed E-state index contributed by atoms with van der Waals surface area (Å²) in [6.45, 7) is -0.403. The third-order valence-electron chi connectivity index (χ3n) is 3.40. The number of hydrazine groups is 1. The molecule has 132 valence electrons. The molecule has 0 saturated heterocycles. The molecule has 0 aliphatic carbocycles. The van der Waals surface area contributed by atoms with Crippen molar-refractivity contribution in [3.63, 3.8) is 0 Å². The molecule has 0 fully saturated rings. The van der Waals surface area contributed by atoms with Crippen molar-refractivity contribution in [3.8, 4) is 5.75 Å². The lowest BCUT2D eigenvalue weighted by atomic mass is 10.2. The highest BCUT2D eigenvalue weighted by atomic mass is 19.1. The number of benzene rings is 2. The fraction of sp³-hybridized carbons (Fsp3) is 0.0556. The van der Waals surface area contributed by atoms with Gasteiger partial charge in [-0.05, 0) is 30.3 Å². The van der Waals surface area contributed by atoms with E-state index in [1.54, 1.807) is 18.2 Å². The largest absolute Gasteiger partial charge is 0.484 e. The second kappa shape index (κ2) is 7.47. The third-order valence-corrected chi connectivity index (χ3v) is 3.40. The molecule has 8 heteroatoms. The van der Waals surface area contributed by atoms with Crippen LogP contribution in [0.5, 0.6) is 5.75 Å². The maximum Gasteiger partial charge on any atom is 0.336 e. The van der Waals surface area contributed by atoms with Gasteiger partial charge in [-0.2, -0.15) is 0 Å². The van der Waals surface area contributed by atoms with Crippen LogP contribution in [0.1, 0.15) is 10.4 Å². The van der Waals surface area contributed by atoms with Crippen molar-refractivity contribution in [2.75, 3.05) is 6.61 Å². The van der Waals surface area contributed by atoms with Gasteiger partial charge in [-0.1, -0.05) is 12.1 Å². The van der Waals surface area contributed by atoms with Gasteiger partial charge in [-0.3, -0.25) is 20.4 Å². The highest BCUT2D eigenvalue weighted by Crippen LogP contribution is 2.19. The van der Waals surface area contributed by atoms with Crippen LogP contribution in [-0.4, -0.2) is 18.4 Å². The average Bonchev–Trinajstić information content (AvgIpc) is 2.64. The van der Waals surface area contributed by atoms with Crippen molar-refractivity contribution in [2.24, 2.45) is 0 Å². The molecule has 3 aromatic rings. The van der Waals surface area contributed by atoms with E-state index in [1.165, 1.54) is 30.3 Å². The van der Waals surface area contributed by atoms with Crippen molar-refractivity contribution >= 4 is 22.8 Å². The molecule has 1 heterocycles. The Kier molecular flexibility index (Phi) is 4.93. The van der Waals surface area contributed by atoms with Crippen molar-refractivity contribution in [2.45, 2.75) is 0 Å². The first-order valence-corrected chi connectivity index (χ1v) is 7.53. The smallest absolute Gasteiger partial charge is 0.336 e. The summed E-state index contributed by atoms with van der Waals surface area (Å²) in [6, 6.07) is 13.0. The Bertz CT molecular complexity index is 1030. The van der Waals surface area contributed by atoms with Crippen LogP contribution in [-0.2, 0) is 4.79 Å². The molecule has 0 atom stereocenters. The van der Waals surface area contributed by atoms with Gasteiger partial charge in [-0.15, -0.1) is 0 Å². The Morgan fingerprint density at radius 3 is 2.62 bits per heavy atom. The van der Waals surface area contributed by atoms with Gasteiger partial charge in [0.05, 0.1) is 5.56 Å². The summed E-state index contributed by atoms with van der Waals surface area (Å²) in [7, 11) is 0. The molecule has 0 bridgehead atoms. The van der Waals surface area contributed by atoms with E-state index < -0.39 is 29.9 Å². The Morgan fingerprint density at radius 2 is 1.81 bits per heavy atom. The van der Waals surface area contributed by atoms with Crippen LogP contribution < -0.4 is 21.2 Å². The van der Waals surface area contributed by atoms with E-state index in [-0.39, 0.29) is 5.56 Å². The molecular formula is C18H13FN2O5. The zero-order valence-electron chi connectivity index (χ0n) is 13.3. The van der Waals surface area contributed by atoms with E-state index in [0.29, 0.717) is 16.7 Å². The van der Waals surface area contributed by atoms with Gasteiger partial charge < -0.3 is 9.15 Å². The topological polar surface area (TPSA) is 97.6 Å². The summed E-state index contributed by atoms with van der Waals surface area (Å²) in [4.78, 5) is 34.7. The molecule has 7 nitrogen and oxygen atoms in total. The lowest BCUT2D eigenvalue weighted by molar-refractivity contribution is -0.123. The van der Waals surface area contributed by atoms with Crippen LogP contribution >= 0.6 is 0 Å². The molecule has 2 aromatic carbocycles. The number of halogens is 1. The number of nitrogens with one attached hydrogen (secondary N) is 2. The molecule has 0 radical (unpaired) electrons. The average molecular weight is 356 g/mol. The van der Waals surface area contributed by atoms with E-state index in [1.807, 2.05) is 0 Å². The molecule has 3 rings (SSSR count). The predicted molar refractivity (Wildman–Crippen MR) is 90.0 cm³/mol. The summed E-state index contributed by atoms with van der Waals surface area (Å²) < 4.78 is 23.8. The van der Waals surface area contributed by atoms with Gasteiger partial charge in [-0.25, -0.2) is 9.18 Å². The summed E-state index contributed by atoms with van der Waals surface area (Å²) in [5.41, 5.74) is 3.85. The van der Waals surface area contributed by atoms with E-state index >= 15 is 0 Å². The molecule has 1 aromatic heterocycles. The highest BCUT2D eigenvalue weighted by molar-refractivity contribution is 5.95. The number of rotatable bonds is 4. The summed E-state index contributed by atoms with van der Waals surface area (Å²) in [6.07, 6.45) is 0. The van der Waals surface area contributed by atoms with Crippen molar-refractivity contribution in [3.05, 3.63) is 76.4 Å². The Morgan fingerprint density at radius 1 is 1.04 bits per heavy atom. The lowest BCUT2D eigenvalue weighted by Crippen LogP contribution is -2.44. The van der Waals surface area contributed by atoms with Crippen molar-refractivity contribution < 1.29 is 23.1 Å². The van der Waals surface area contributed by atoms with Gasteiger partial charge in [0.15, 0.2) is 6.61 Å². The van der Waals surface area contributed by atoms with Crippen LogP contribution in [0.15, 0.2) is 63.8 Å². The fourth-order valence-corrected chi connectivity index (χ4v) is 2.15. The Labute approximate surface area is 146 Å². The van der Waals surface area contributed by atoms with E-state index in [0.717, 1.165) is 6.07 Å². The molecule has 2 amide bonds. The second-order valence-corrected chi connectivity index (χ2v) is 5.22. The van der Waals surface area contributed by atoms with E-state index in [4.69, 9.17) is 9.15 Å². The van der Waals surface area contributed by atoms with Gasteiger partial charge in [0.1, 0.15) is 17.1 Å². The minimum absolute atomic E-state index is 0.196. The zero-order chi connectivity index (χ0) is 18.5. The van der Waals surface area contributed by atoms with Gasteiger partial charge in [0, 0.05) is 17.5 Å². The maximum absolute atomic E-state index is 13.5. The SMILES string of the molecule is O=C(COc1ccc2ccc(=O)oc2c1)NNC(=O)c1ccccc1F. The minimum atomic E-state index is -0.788. The first kappa shape index (κ1) is 17.2. The molecule has 2 N–H and O–H groups in total. The lowest BCUT2D eigenvalue weighted by Gasteiger charge is -2.09. The number of hydrogen-bond donors (Lipinski definition) is 2. The van der Waals surface area contributed by atoms with Crippen LogP contribution in [0.25, 0.3) is 11.0 Å². The van der Waals surface area contributed by atoms with Crippen LogP contribution in [0.4, 0.5) is 4.39 Å². The summed E-state index contributed by atoms with van der Waals surface area (Å²) in [5, 5.41) is 0.707. The Hall–Kier alpha value is -3.68. The van der Waals surface area contributed by atoms with Crippen LogP contribution in [0.2, 0.25) is 0 Å². The highest BCUT2D eigenvalue weighted by Gasteiger charge is 2.12. The summed E-state index contributed by atoms with van der Waals surface area (Å²) >= 11 is 0. The van der Waals surface area contributed by atoms with Crippen molar-refractivity contribution in [1.29, 1.82) is 0 Å². The van der Waals surface area contributed by atoms with Gasteiger partial charge in [0.25, 0.3) is 11.8 Å². The number of fused-ring (bicyclic) bond motifs is 1. The molecule has 0 spiro atoms. The molecule has 26 heavy (non-hydrogen) atoms. The van der Waals surface area contributed by atoms with E-state index in [9.17, 15) is 18.8 Å². The standard InChI is InChI=1S/C18H13FN2O5/c19-14-4-2-1-3-13(14)18(24)21-20-16(22)10-25-12-7-5-11-6-8-17(23)26-15(11)9-12/h1-9H,10H2,(H,20,22)(H,21,24). The van der Waals surface area contributed by atoms with Crippen LogP contribution in [0.3, 0.4) is 0 Å². The van der Waals surface area contributed by atoms with Crippen LogP contribution in [0, 0.1) is 5.82 Å². The zero-order valence-corrected chi connectivity index (χ0v) is 13.3. The number of hydrogen-bond acceptors (Lipinski definition) is 5.